The molecule has 0 N–H and O–H groups in total. The Balaban J connectivity index is 1.52. The van der Waals surface area contributed by atoms with E-state index < -0.39 is 0 Å². The zero-order valence-corrected chi connectivity index (χ0v) is 20.0. The fourth-order valence-corrected chi connectivity index (χ4v) is 5.05. The highest BCUT2D eigenvalue weighted by molar-refractivity contribution is 7.99. The summed E-state index contributed by atoms with van der Waals surface area (Å²) in [7, 11) is 0. The summed E-state index contributed by atoms with van der Waals surface area (Å²) in [5.41, 5.74) is 1.53. The molecule has 2 rings (SSSR count). The van der Waals surface area contributed by atoms with E-state index in [0.717, 1.165) is 49.4 Å². The first-order valence-electron chi connectivity index (χ1n) is 11.7. The quantitative estimate of drug-likeness (QED) is 0.206. The molecule has 0 aliphatic rings. The lowest BCUT2D eigenvalue weighted by molar-refractivity contribution is -0.113. The summed E-state index contributed by atoms with van der Waals surface area (Å²) < 4.78 is 0. The van der Waals surface area contributed by atoms with E-state index >= 15 is 0 Å². The molecule has 0 bridgehead atoms. The summed E-state index contributed by atoms with van der Waals surface area (Å²) in [5.74, 6) is 2.39. The van der Waals surface area contributed by atoms with Gasteiger partial charge in [-0.25, -0.2) is 0 Å². The Hall–Kier alpha value is -1.87. The van der Waals surface area contributed by atoms with E-state index in [1.807, 2.05) is 48.2 Å². The van der Waals surface area contributed by atoms with Crippen LogP contribution in [0.25, 0.3) is 0 Å². The average Bonchev–Trinajstić information content (AvgIpc) is 2.83. The molecule has 2 atom stereocenters. The van der Waals surface area contributed by atoms with Gasteiger partial charge in [-0.1, -0.05) is 86.3 Å². The van der Waals surface area contributed by atoms with Crippen LogP contribution in [-0.4, -0.2) is 24.1 Å². The summed E-state index contributed by atoms with van der Waals surface area (Å²) >= 11 is 2.03. The third kappa shape index (κ3) is 8.29. The molecule has 0 saturated carbocycles. The first kappa shape index (κ1) is 25.4. The SMILES string of the molecule is CC(C=O)(CCCCCSCCCCCC(C)(C=O)c1ccccc1)c1ccccc1. The number of thioether (sulfide) groups is 1. The molecule has 0 saturated heterocycles. The molecule has 3 heteroatoms. The number of hydrogen-bond donors (Lipinski definition) is 0. The van der Waals surface area contributed by atoms with Gasteiger partial charge in [0.1, 0.15) is 12.6 Å². The average molecular weight is 439 g/mol. The largest absolute Gasteiger partial charge is 0.302 e. The van der Waals surface area contributed by atoms with Crippen LogP contribution in [0.4, 0.5) is 0 Å². The van der Waals surface area contributed by atoms with Gasteiger partial charge in [-0.3, -0.25) is 0 Å². The summed E-state index contributed by atoms with van der Waals surface area (Å²) in [6.45, 7) is 4.11. The van der Waals surface area contributed by atoms with Gasteiger partial charge in [-0.2, -0.15) is 11.8 Å². The van der Waals surface area contributed by atoms with E-state index in [0.29, 0.717) is 0 Å². The summed E-state index contributed by atoms with van der Waals surface area (Å²) in [4.78, 5) is 23.3. The van der Waals surface area contributed by atoms with E-state index in [4.69, 9.17) is 0 Å². The number of carbonyl (C=O) groups is 2. The number of rotatable bonds is 16. The lowest BCUT2D eigenvalue weighted by Gasteiger charge is -2.23. The Kier molecular flexibility index (Phi) is 11.1. The molecular weight excluding hydrogens is 400 g/mol. The zero-order chi connectivity index (χ0) is 22.4. The van der Waals surface area contributed by atoms with E-state index in [1.165, 1.54) is 37.2 Å². The van der Waals surface area contributed by atoms with Gasteiger partial charge in [0, 0.05) is 10.8 Å². The molecule has 0 heterocycles. The summed E-state index contributed by atoms with van der Waals surface area (Å²) in [5, 5.41) is 0. The van der Waals surface area contributed by atoms with Crippen LogP contribution < -0.4 is 0 Å². The summed E-state index contributed by atoms with van der Waals surface area (Å²) in [6, 6.07) is 20.3. The number of hydrogen-bond acceptors (Lipinski definition) is 3. The van der Waals surface area contributed by atoms with Crippen LogP contribution >= 0.6 is 11.8 Å². The Morgan fingerprint density at radius 3 is 1.35 bits per heavy atom. The normalized spacial score (nSPS) is 15.0. The molecule has 0 radical (unpaired) electrons. The number of unbranched alkanes of at least 4 members (excludes halogenated alkanes) is 4. The maximum Gasteiger partial charge on any atom is 0.130 e. The molecule has 31 heavy (non-hydrogen) atoms. The smallest absolute Gasteiger partial charge is 0.130 e. The fourth-order valence-electron chi connectivity index (χ4n) is 4.03. The highest BCUT2D eigenvalue weighted by Crippen LogP contribution is 2.29. The van der Waals surface area contributed by atoms with Crippen molar-refractivity contribution in [1.29, 1.82) is 0 Å². The number of benzene rings is 2. The van der Waals surface area contributed by atoms with Crippen LogP contribution in [0, 0.1) is 0 Å². The van der Waals surface area contributed by atoms with Gasteiger partial charge in [0.2, 0.25) is 0 Å². The molecule has 0 amide bonds. The van der Waals surface area contributed by atoms with Crippen molar-refractivity contribution in [3.63, 3.8) is 0 Å². The van der Waals surface area contributed by atoms with Gasteiger partial charge in [-0.05, 0) is 62.2 Å². The molecule has 0 aliphatic carbocycles. The third-order valence-electron chi connectivity index (χ3n) is 6.36. The molecular formula is C28H38O2S. The molecule has 0 fully saturated rings. The van der Waals surface area contributed by atoms with Crippen molar-refractivity contribution in [2.24, 2.45) is 0 Å². The van der Waals surface area contributed by atoms with Crippen LogP contribution in [0.2, 0.25) is 0 Å². The highest BCUT2D eigenvalue weighted by atomic mass is 32.2. The predicted molar refractivity (Wildman–Crippen MR) is 134 cm³/mol. The van der Waals surface area contributed by atoms with Crippen LogP contribution in [0.5, 0.6) is 0 Å². The van der Waals surface area contributed by atoms with Crippen molar-refractivity contribution < 1.29 is 9.59 Å². The van der Waals surface area contributed by atoms with Crippen LogP contribution in [0.15, 0.2) is 60.7 Å². The molecule has 0 aliphatic heterocycles. The molecule has 2 unspecified atom stereocenters. The van der Waals surface area contributed by atoms with E-state index in [9.17, 15) is 9.59 Å². The van der Waals surface area contributed by atoms with Gasteiger partial charge in [-0.15, -0.1) is 0 Å². The first-order chi connectivity index (χ1) is 15.0. The first-order valence-corrected chi connectivity index (χ1v) is 12.8. The second kappa shape index (κ2) is 13.5. The summed E-state index contributed by atoms with van der Waals surface area (Å²) in [6.07, 6.45) is 11.0. The molecule has 2 nitrogen and oxygen atoms in total. The lowest BCUT2D eigenvalue weighted by Crippen LogP contribution is -2.23. The minimum absolute atomic E-state index is 0.357. The Morgan fingerprint density at radius 2 is 1.00 bits per heavy atom. The molecule has 2 aromatic carbocycles. The van der Waals surface area contributed by atoms with Crippen molar-refractivity contribution in [2.45, 2.75) is 76.0 Å². The minimum atomic E-state index is -0.357. The van der Waals surface area contributed by atoms with E-state index in [-0.39, 0.29) is 10.8 Å². The van der Waals surface area contributed by atoms with Gasteiger partial charge >= 0.3 is 0 Å². The van der Waals surface area contributed by atoms with Gasteiger partial charge in [0.15, 0.2) is 0 Å². The predicted octanol–water partition coefficient (Wildman–Crippen LogP) is 7.15. The standard InChI is InChI=1S/C28H38O2S/c1-27(23-29,25-15-7-3-8-16-25)19-11-5-13-21-31-22-14-6-12-20-28(2,24-30)26-17-9-4-10-18-26/h3-4,7-10,15-18,23-24H,5-6,11-14,19-22H2,1-2H3. The maximum absolute atomic E-state index is 11.7. The maximum atomic E-state index is 11.7. The third-order valence-corrected chi connectivity index (χ3v) is 7.51. The van der Waals surface area contributed by atoms with Crippen molar-refractivity contribution >= 4 is 24.3 Å². The van der Waals surface area contributed by atoms with E-state index in [1.54, 1.807) is 0 Å². The van der Waals surface area contributed by atoms with Crippen molar-refractivity contribution in [1.82, 2.24) is 0 Å². The van der Waals surface area contributed by atoms with Gasteiger partial charge < -0.3 is 9.59 Å². The second-order valence-electron chi connectivity index (χ2n) is 9.04. The second-order valence-corrected chi connectivity index (χ2v) is 10.3. The number of aldehydes is 2. The lowest BCUT2D eigenvalue weighted by atomic mass is 9.79. The Bertz CT molecular complexity index is 696. The van der Waals surface area contributed by atoms with Crippen LogP contribution in [-0.2, 0) is 20.4 Å². The van der Waals surface area contributed by atoms with Gasteiger partial charge in [0.25, 0.3) is 0 Å². The fraction of sp³-hybridized carbons (Fsp3) is 0.500. The van der Waals surface area contributed by atoms with Crippen molar-refractivity contribution in [3.05, 3.63) is 71.8 Å². The Labute approximate surface area is 193 Å². The van der Waals surface area contributed by atoms with Crippen LogP contribution in [0.1, 0.15) is 76.3 Å². The van der Waals surface area contributed by atoms with Crippen molar-refractivity contribution in [3.8, 4) is 0 Å². The van der Waals surface area contributed by atoms with E-state index in [2.05, 4.69) is 38.1 Å². The molecule has 0 aromatic heterocycles. The van der Waals surface area contributed by atoms with Crippen molar-refractivity contribution in [2.75, 3.05) is 11.5 Å². The highest BCUT2D eigenvalue weighted by Gasteiger charge is 2.25. The number of carbonyl (C=O) groups excluding carboxylic acids is 2. The van der Waals surface area contributed by atoms with Crippen LogP contribution in [0.3, 0.4) is 0 Å². The molecule has 2 aromatic rings. The monoisotopic (exact) mass is 438 g/mol. The minimum Gasteiger partial charge on any atom is -0.302 e. The topological polar surface area (TPSA) is 34.1 Å². The van der Waals surface area contributed by atoms with Gasteiger partial charge in [0.05, 0.1) is 0 Å². The Morgan fingerprint density at radius 1 is 0.613 bits per heavy atom. The zero-order valence-electron chi connectivity index (χ0n) is 19.2. The molecule has 168 valence electrons. The molecule has 0 spiro atoms.